The van der Waals surface area contributed by atoms with Gasteiger partial charge in [0, 0.05) is 51.6 Å². The molecule has 0 aromatic heterocycles. The van der Waals surface area contributed by atoms with Gasteiger partial charge < -0.3 is 20.6 Å². The molecular weight excluding hydrogens is 560 g/mol. The highest BCUT2D eigenvalue weighted by Gasteiger charge is 2.21. The van der Waals surface area contributed by atoms with Gasteiger partial charge in [0.05, 0.1) is 6.61 Å². The summed E-state index contributed by atoms with van der Waals surface area (Å²) in [6, 6.07) is 0.623. The number of carbonyl (C=O) groups excluding carboxylic acids is 2. The van der Waals surface area contributed by atoms with Gasteiger partial charge in [-0.2, -0.15) is 0 Å². The lowest BCUT2D eigenvalue weighted by Gasteiger charge is -2.35. The molecule has 0 spiro atoms. The fraction of sp³-hybridized carbons (Fsp3) is 0.947. The van der Waals surface area contributed by atoms with Crippen LogP contribution >= 0.6 is 0 Å². The Bertz CT molecular complexity index is 631. The van der Waals surface area contributed by atoms with E-state index in [9.17, 15) is 14.7 Å². The molecule has 7 nitrogen and oxygen atoms in total. The van der Waals surface area contributed by atoms with Crippen molar-refractivity contribution in [1.29, 1.82) is 0 Å². The van der Waals surface area contributed by atoms with Gasteiger partial charge in [0.1, 0.15) is 0 Å². The van der Waals surface area contributed by atoms with Crippen LogP contribution in [0.2, 0.25) is 0 Å². The SMILES string of the molecule is CCCCCCCCNC(=O)CCCCCN(CCCCCC(=O)NCCCCCCCC)CCN(CCO)C1CCCCC1. The van der Waals surface area contributed by atoms with Crippen LogP contribution in [0.1, 0.15) is 174 Å². The summed E-state index contributed by atoms with van der Waals surface area (Å²) in [5.74, 6) is 0.423. The van der Waals surface area contributed by atoms with Crippen molar-refractivity contribution in [2.45, 2.75) is 180 Å². The van der Waals surface area contributed by atoms with Crippen molar-refractivity contribution in [3.63, 3.8) is 0 Å². The predicted octanol–water partition coefficient (Wildman–Crippen LogP) is 7.99. The van der Waals surface area contributed by atoms with Crippen molar-refractivity contribution < 1.29 is 14.7 Å². The Labute approximate surface area is 279 Å². The molecule has 0 bridgehead atoms. The number of aliphatic hydroxyl groups excluding tert-OH is 1. The number of unbranched alkanes of at least 4 members (excludes halogenated alkanes) is 14. The molecule has 1 fully saturated rings. The first-order chi connectivity index (χ1) is 22.1. The summed E-state index contributed by atoms with van der Waals surface area (Å²) in [7, 11) is 0. The summed E-state index contributed by atoms with van der Waals surface area (Å²) in [6.07, 6.45) is 29.2. The maximum absolute atomic E-state index is 12.3. The van der Waals surface area contributed by atoms with Gasteiger partial charge in [0.2, 0.25) is 11.8 Å². The number of amides is 2. The monoisotopic (exact) mass is 637 g/mol. The van der Waals surface area contributed by atoms with Crippen LogP contribution in [0.25, 0.3) is 0 Å². The van der Waals surface area contributed by atoms with E-state index in [-0.39, 0.29) is 18.4 Å². The summed E-state index contributed by atoms with van der Waals surface area (Å²) in [5, 5.41) is 16.0. The Balaban J connectivity index is 2.32. The summed E-state index contributed by atoms with van der Waals surface area (Å²) in [6.45, 7) is 11.3. The van der Waals surface area contributed by atoms with Crippen molar-refractivity contribution in [3.8, 4) is 0 Å². The van der Waals surface area contributed by atoms with E-state index in [4.69, 9.17) is 0 Å². The first kappa shape index (κ1) is 41.8. The van der Waals surface area contributed by atoms with Crippen molar-refractivity contribution in [3.05, 3.63) is 0 Å². The zero-order chi connectivity index (χ0) is 32.6. The average Bonchev–Trinajstić information content (AvgIpc) is 3.05. The predicted molar refractivity (Wildman–Crippen MR) is 192 cm³/mol. The van der Waals surface area contributed by atoms with Crippen LogP contribution in [-0.2, 0) is 9.59 Å². The van der Waals surface area contributed by atoms with Crippen molar-refractivity contribution in [2.75, 3.05) is 52.4 Å². The molecule has 1 aliphatic rings. The maximum atomic E-state index is 12.3. The highest BCUT2D eigenvalue weighted by Crippen LogP contribution is 2.22. The number of rotatable bonds is 32. The van der Waals surface area contributed by atoms with Gasteiger partial charge in [-0.3, -0.25) is 14.5 Å². The third-order valence-electron chi connectivity index (χ3n) is 9.64. The Kier molecular flexibility index (Phi) is 29.2. The van der Waals surface area contributed by atoms with Crippen LogP contribution in [-0.4, -0.2) is 85.2 Å². The Morgan fingerprint density at radius 3 is 1.51 bits per heavy atom. The lowest BCUT2D eigenvalue weighted by molar-refractivity contribution is -0.122. The van der Waals surface area contributed by atoms with Crippen LogP contribution in [0.5, 0.6) is 0 Å². The summed E-state index contributed by atoms with van der Waals surface area (Å²) in [4.78, 5) is 29.7. The second-order valence-corrected chi connectivity index (χ2v) is 13.7. The van der Waals surface area contributed by atoms with Crippen LogP contribution < -0.4 is 10.6 Å². The molecular formula is C38H76N4O3. The molecule has 0 saturated heterocycles. The summed E-state index contributed by atoms with van der Waals surface area (Å²) >= 11 is 0. The van der Waals surface area contributed by atoms with Gasteiger partial charge in [-0.15, -0.1) is 0 Å². The topological polar surface area (TPSA) is 84.9 Å². The Hall–Kier alpha value is -1.18. The fourth-order valence-electron chi connectivity index (χ4n) is 6.70. The molecule has 7 heteroatoms. The molecule has 0 aliphatic heterocycles. The highest BCUT2D eigenvalue weighted by molar-refractivity contribution is 5.76. The zero-order valence-corrected chi connectivity index (χ0v) is 30.1. The van der Waals surface area contributed by atoms with Gasteiger partial charge in [-0.1, -0.05) is 110 Å². The normalized spacial score (nSPS) is 14.0. The minimum Gasteiger partial charge on any atom is -0.395 e. The van der Waals surface area contributed by atoms with E-state index in [0.717, 1.165) is 97.2 Å². The minimum absolute atomic E-state index is 0.212. The van der Waals surface area contributed by atoms with Crippen LogP contribution in [0, 0.1) is 0 Å². The van der Waals surface area contributed by atoms with E-state index in [0.29, 0.717) is 18.9 Å². The molecule has 2 amide bonds. The zero-order valence-electron chi connectivity index (χ0n) is 30.1. The second-order valence-electron chi connectivity index (χ2n) is 13.7. The highest BCUT2D eigenvalue weighted by atomic mass is 16.3. The summed E-state index contributed by atoms with van der Waals surface area (Å²) < 4.78 is 0. The van der Waals surface area contributed by atoms with Crippen LogP contribution in [0.4, 0.5) is 0 Å². The van der Waals surface area contributed by atoms with Gasteiger partial charge in [-0.25, -0.2) is 0 Å². The molecule has 0 aromatic rings. The number of hydrogen-bond acceptors (Lipinski definition) is 5. The van der Waals surface area contributed by atoms with E-state index in [1.54, 1.807) is 0 Å². The number of hydrogen-bond donors (Lipinski definition) is 3. The smallest absolute Gasteiger partial charge is 0.219 e. The van der Waals surface area contributed by atoms with E-state index in [2.05, 4.69) is 34.3 Å². The van der Waals surface area contributed by atoms with Crippen LogP contribution in [0.15, 0.2) is 0 Å². The van der Waals surface area contributed by atoms with Gasteiger partial charge >= 0.3 is 0 Å². The lowest BCUT2D eigenvalue weighted by atomic mass is 9.94. The number of aliphatic hydroxyl groups is 1. The molecule has 0 atom stereocenters. The molecule has 0 aromatic carbocycles. The maximum Gasteiger partial charge on any atom is 0.219 e. The summed E-state index contributed by atoms with van der Waals surface area (Å²) in [5.41, 5.74) is 0. The van der Waals surface area contributed by atoms with Gasteiger partial charge in [0.15, 0.2) is 0 Å². The Morgan fingerprint density at radius 2 is 1.02 bits per heavy atom. The number of carbonyl (C=O) groups is 2. The second kappa shape index (κ2) is 31.4. The lowest BCUT2D eigenvalue weighted by Crippen LogP contribution is -2.43. The quantitative estimate of drug-likeness (QED) is 0.0652. The Morgan fingerprint density at radius 1 is 0.556 bits per heavy atom. The van der Waals surface area contributed by atoms with Gasteiger partial charge in [0.25, 0.3) is 0 Å². The minimum atomic E-state index is 0.212. The molecule has 45 heavy (non-hydrogen) atoms. The van der Waals surface area contributed by atoms with E-state index < -0.39 is 0 Å². The van der Waals surface area contributed by atoms with Gasteiger partial charge in [-0.05, 0) is 64.5 Å². The van der Waals surface area contributed by atoms with Crippen molar-refractivity contribution in [1.82, 2.24) is 20.4 Å². The molecule has 3 N–H and O–H groups in total. The molecule has 0 unspecified atom stereocenters. The molecule has 266 valence electrons. The molecule has 1 saturated carbocycles. The molecule has 0 radical (unpaired) electrons. The van der Waals surface area contributed by atoms with E-state index in [1.807, 2.05) is 0 Å². The largest absolute Gasteiger partial charge is 0.395 e. The first-order valence-electron chi connectivity index (χ1n) is 19.7. The van der Waals surface area contributed by atoms with Crippen LogP contribution in [0.3, 0.4) is 0 Å². The number of nitrogens with one attached hydrogen (secondary N) is 2. The molecule has 1 rings (SSSR count). The average molecular weight is 637 g/mol. The van der Waals surface area contributed by atoms with Crippen molar-refractivity contribution >= 4 is 11.8 Å². The fourth-order valence-corrected chi connectivity index (χ4v) is 6.70. The third kappa shape index (κ3) is 25.6. The third-order valence-corrected chi connectivity index (χ3v) is 9.64. The van der Waals surface area contributed by atoms with E-state index in [1.165, 1.54) is 96.3 Å². The van der Waals surface area contributed by atoms with E-state index >= 15 is 0 Å². The number of nitrogens with zero attached hydrogens (tertiary/aromatic N) is 2. The van der Waals surface area contributed by atoms with Crippen molar-refractivity contribution in [2.24, 2.45) is 0 Å². The standard InChI is InChI=1S/C38H76N4O3/c1-3-5-7-9-11-20-28-39-37(44)26-18-14-22-30-41(32-33-42(34-35-43)36-24-16-13-17-25-36)31-23-15-19-27-38(45)40-29-21-12-10-8-6-4-2/h36,43H,3-35H2,1-2H3,(H,39,44)(H,40,45). The molecule has 1 aliphatic carbocycles. The molecule has 0 heterocycles. The first-order valence-corrected chi connectivity index (χ1v) is 19.7.